The number of carbonyl (C=O) groups excluding carboxylic acids is 2. The van der Waals surface area contributed by atoms with Crippen LogP contribution in [0.2, 0.25) is 0 Å². The second kappa shape index (κ2) is 9.19. The number of amides is 2. The average Bonchev–Trinajstić information content (AvgIpc) is 2.68. The van der Waals surface area contributed by atoms with Gasteiger partial charge in [0.2, 0.25) is 21.8 Å². The standard InChI is InChI=1S/C21H25N3O4S/c22-20(25)13-15-5-8-18(9-6-15)24-21(26)11-12-23-29(27,28)19-10-7-16-3-1-2-4-17(16)14-19/h5-10,14,23H,1-4,11-13H2,(H2,22,25)(H,24,26). The molecule has 0 aliphatic heterocycles. The van der Waals surface area contributed by atoms with Crippen LogP contribution in [0.1, 0.15) is 36.0 Å². The van der Waals surface area contributed by atoms with Gasteiger partial charge in [0.15, 0.2) is 0 Å². The summed E-state index contributed by atoms with van der Waals surface area (Å²) in [4.78, 5) is 23.2. The topological polar surface area (TPSA) is 118 Å². The Morgan fingerprint density at radius 3 is 2.34 bits per heavy atom. The van der Waals surface area contributed by atoms with Gasteiger partial charge in [-0.25, -0.2) is 13.1 Å². The van der Waals surface area contributed by atoms with Gasteiger partial charge in [-0.05, 0) is 66.6 Å². The van der Waals surface area contributed by atoms with Crippen molar-refractivity contribution in [2.24, 2.45) is 5.73 Å². The van der Waals surface area contributed by atoms with Crippen LogP contribution in [0.15, 0.2) is 47.4 Å². The maximum Gasteiger partial charge on any atom is 0.240 e. The Kier molecular flexibility index (Phi) is 6.66. The van der Waals surface area contributed by atoms with Crippen molar-refractivity contribution in [1.29, 1.82) is 0 Å². The van der Waals surface area contributed by atoms with E-state index in [-0.39, 0.29) is 30.2 Å². The number of nitrogens with two attached hydrogens (primary N) is 1. The van der Waals surface area contributed by atoms with Crippen molar-refractivity contribution in [2.75, 3.05) is 11.9 Å². The zero-order chi connectivity index (χ0) is 20.9. The van der Waals surface area contributed by atoms with E-state index in [9.17, 15) is 18.0 Å². The zero-order valence-electron chi connectivity index (χ0n) is 16.1. The number of benzene rings is 2. The van der Waals surface area contributed by atoms with E-state index < -0.39 is 15.9 Å². The molecule has 0 bridgehead atoms. The lowest BCUT2D eigenvalue weighted by Gasteiger charge is -2.16. The van der Waals surface area contributed by atoms with Crippen molar-refractivity contribution in [3.63, 3.8) is 0 Å². The van der Waals surface area contributed by atoms with E-state index in [0.29, 0.717) is 5.69 Å². The van der Waals surface area contributed by atoms with Gasteiger partial charge in [0.25, 0.3) is 0 Å². The fourth-order valence-corrected chi connectivity index (χ4v) is 4.47. The molecule has 0 atom stereocenters. The van der Waals surface area contributed by atoms with E-state index in [0.717, 1.165) is 36.8 Å². The largest absolute Gasteiger partial charge is 0.369 e. The molecule has 1 aliphatic rings. The molecule has 2 aromatic carbocycles. The van der Waals surface area contributed by atoms with Gasteiger partial charge in [-0.2, -0.15) is 0 Å². The second-order valence-electron chi connectivity index (χ2n) is 7.17. The molecule has 4 N–H and O–H groups in total. The van der Waals surface area contributed by atoms with Crippen LogP contribution >= 0.6 is 0 Å². The molecule has 0 heterocycles. The minimum absolute atomic E-state index is 0.00497. The van der Waals surface area contributed by atoms with Gasteiger partial charge < -0.3 is 11.1 Å². The molecule has 0 unspecified atom stereocenters. The molecular formula is C21H25N3O4S. The Balaban J connectivity index is 1.51. The lowest BCUT2D eigenvalue weighted by atomic mass is 9.92. The maximum atomic E-state index is 12.5. The quantitative estimate of drug-likeness (QED) is 0.610. The van der Waals surface area contributed by atoms with E-state index >= 15 is 0 Å². The number of anilines is 1. The molecule has 0 aromatic heterocycles. The highest BCUT2D eigenvalue weighted by molar-refractivity contribution is 7.89. The van der Waals surface area contributed by atoms with Crippen LogP contribution in [0.25, 0.3) is 0 Å². The summed E-state index contributed by atoms with van der Waals surface area (Å²) in [6, 6.07) is 12.0. The molecule has 29 heavy (non-hydrogen) atoms. The van der Waals surface area contributed by atoms with E-state index in [4.69, 9.17) is 5.73 Å². The first-order valence-electron chi connectivity index (χ1n) is 9.62. The second-order valence-corrected chi connectivity index (χ2v) is 8.94. The number of sulfonamides is 1. The van der Waals surface area contributed by atoms with Gasteiger partial charge >= 0.3 is 0 Å². The lowest BCUT2D eigenvalue weighted by Crippen LogP contribution is -2.28. The van der Waals surface area contributed by atoms with Crippen LogP contribution in [0, 0.1) is 0 Å². The first-order valence-corrected chi connectivity index (χ1v) is 11.1. The van der Waals surface area contributed by atoms with E-state index in [1.54, 1.807) is 36.4 Å². The summed E-state index contributed by atoms with van der Waals surface area (Å²) < 4.78 is 27.5. The minimum Gasteiger partial charge on any atom is -0.369 e. The minimum atomic E-state index is -3.65. The highest BCUT2D eigenvalue weighted by Gasteiger charge is 2.17. The molecule has 0 saturated carbocycles. The molecule has 3 rings (SSSR count). The highest BCUT2D eigenvalue weighted by atomic mass is 32.2. The molecule has 8 heteroatoms. The molecular weight excluding hydrogens is 390 g/mol. The summed E-state index contributed by atoms with van der Waals surface area (Å²) in [5, 5.41) is 2.70. The number of carbonyl (C=O) groups is 2. The average molecular weight is 416 g/mol. The predicted molar refractivity (Wildman–Crippen MR) is 111 cm³/mol. The molecule has 2 amide bonds. The summed E-state index contributed by atoms with van der Waals surface area (Å²) in [6.45, 7) is 0.00497. The predicted octanol–water partition coefficient (Wildman–Crippen LogP) is 1.90. The fourth-order valence-electron chi connectivity index (χ4n) is 3.39. The molecule has 0 saturated heterocycles. The third-order valence-electron chi connectivity index (χ3n) is 4.89. The van der Waals surface area contributed by atoms with Crippen LogP contribution in [0.5, 0.6) is 0 Å². The summed E-state index contributed by atoms with van der Waals surface area (Å²) in [5.41, 5.74) is 8.78. The van der Waals surface area contributed by atoms with E-state index in [2.05, 4.69) is 10.0 Å². The number of rotatable bonds is 8. The highest BCUT2D eigenvalue weighted by Crippen LogP contribution is 2.24. The van der Waals surface area contributed by atoms with Crippen LogP contribution in [0.3, 0.4) is 0 Å². The summed E-state index contributed by atoms with van der Waals surface area (Å²) >= 11 is 0. The molecule has 7 nitrogen and oxygen atoms in total. The number of fused-ring (bicyclic) bond motifs is 1. The van der Waals surface area contributed by atoms with Crippen molar-refractivity contribution in [2.45, 2.75) is 43.4 Å². The Bertz CT molecular complexity index is 1000. The number of aryl methyl sites for hydroxylation is 2. The number of nitrogens with one attached hydrogen (secondary N) is 2. The first-order chi connectivity index (χ1) is 13.8. The normalized spacial score (nSPS) is 13.5. The smallest absolute Gasteiger partial charge is 0.240 e. The summed E-state index contributed by atoms with van der Waals surface area (Å²) in [7, 11) is -3.65. The Labute approximate surface area is 170 Å². The third kappa shape index (κ3) is 5.88. The van der Waals surface area contributed by atoms with Crippen LogP contribution in [-0.2, 0) is 38.9 Å². The fraction of sp³-hybridized carbons (Fsp3) is 0.333. The van der Waals surface area contributed by atoms with E-state index in [1.807, 2.05) is 6.07 Å². The summed E-state index contributed by atoms with van der Waals surface area (Å²) in [5.74, 6) is -0.728. The van der Waals surface area contributed by atoms with Crippen LogP contribution in [0.4, 0.5) is 5.69 Å². The van der Waals surface area contributed by atoms with E-state index in [1.165, 1.54) is 5.56 Å². The lowest BCUT2D eigenvalue weighted by molar-refractivity contribution is -0.117. The Morgan fingerprint density at radius 2 is 1.66 bits per heavy atom. The monoisotopic (exact) mass is 415 g/mol. The van der Waals surface area contributed by atoms with Gasteiger partial charge in [0.05, 0.1) is 11.3 Å². The van der Waals surface area contributed by atoms with Crippen molar-refractivity contribution in [3.8, 4) is 0 Å². The van der Waals surface area contributed by atoms with Gasteiger partial charge in [-0.3, -0.25) is 9.59 Å². The van der Waals surface area contributed by atoms with Crippen LogP contribution in [-0.4, -0.2) is 26.8 Å². The van der Waals surface area contributed by atoms with Crippen molar-refractivity contribution >= 4 is 27.5 Å². The SMILES string of the molecule is NC(=O)Cc1ccc(NC(=O)CCNS(=O)(=O)c2ccc3c(c2)CCCC3)cc1. The number of hydrogen-bond acceptors (Lipinski definition) is 4. The molecule has 2 aromatic rings. The van der Waals surface area contributed by atoms with Crippen molar-refractivity contribution < 1.29 is 18.0 Å². The van der Waals surface area contributed by atoms with Gasteiger partial charge in [0.1, 0.15) is 0 Å². The third-order valence-corrected chi connectivity index (χ3v) is 6.35. The molecule has 0 fully saturated rings. The maximum absolute atomic E-state index is 12.5. The number of hydrogen-bond donors (Lipinski definition) is 3. The molecule has 0 spiro atoms. The number of primary amides is 1. The van der Waals surface area contributed by atoms with Gasteiger partial charge in [-0.1, -0.05) is 18.2 Å². The van der Waals surface area contributed by atoms with Crippen molar-refractivity contribution in [3.05, 3.63) is 59.2 Å². The van der Waals surface area contributed by atoms with Crippen molar-refractivity contribution in [1.82, 2.24) is 4.72 Å². The Hall–Kier alpha value is -2.71. The zero-order valence-corrected chi connectivity index (χ0v) is 16.9. The molecule has 1 aliphatic carbocycles. The van der Waals surface area contributed by atoms with Gasteiger partial charge in [0, 0.05) is 18.7 Å². The molecule has 0 radical (unpaired) electrons. The first kappa shape index (κ1) is 21.0. The van der Waals surface area contributed by atoms with Crippen LogP contribution < -0.4 is 15.8 Å². The van der Waals surface area contributed by atoms with Gasteiger partial charge in [-0.15, -0.1) is 0 Å². The molecule has 154 valence electrons. The Morgan fingerprint density at radius 1 is 0.966 bits per heavy atom. The summed E-state index contributed by atoms with van der Waals surface area (Å²) in [6.07, 6.45) is 4.26.